The maximum Gasteiger partial charge on any atom is 0.396 e. The average Bonchev–Trinajstić information content (AvgIpc) is 3.20. The number of aromatic carboxylic acids is 1. The molecule has 5 nitrogen and oxygen atoms in total. The second-order valence-corrected chi connectivity index (χ2v) is 7.18. The van der Waals surface area contributed by atoms with Gasteiger partial charge >= 0.3 is 12.1 Å². The number of hydrogen-bond donors (Lipinski definition) is 1. The molecule has 1 fully saturated rings. The summed E-state index contributed by atoms with van der Waals surface area (Å²) in [6.45, 7) is 1.19. The fourth-order valence-corrected chi connectivity index (χ4v) is 4.25. The number of carboxylic acid groups (broad SMARTS) is 1. The molecule has 0 saturated carbocycles. The molecule has 4 atom stereocenters. The highest BCUT2D eigenvalue weighted by atomic mass is 19.4. The molecule has 0 spiro atoms. The van der Waals surface area contributed by atoms with E-state index in [0.29, 0.717) is 25.5 Å². The van der Waals surface area contributed by atoms with Crippen LogP contribution in [0.1, 0.15) is 16.9 Å². The van der Waals surface area contributed by atoms with Crippen LogP contribution >= 0.6 is 0 Å². The van der Waals surface area contributed by atoms with Crippen molar-refractivity contribution in [1.29, 1.82) is 0 Å². The van der Waals surface area contributed by atoms with Gasteiger partial charge in [-0.3, -0.25) is 0 Å². The Bertz CT molecular complexity index is 847. The number of nitrogens with zero attached hydrogens (tertiary/aromatic N) is 3. The topological polar surface area (TPSA) is 66.3 Å². The van der Waals surface area contributed by atoms with Gasteiger partial charge in [0.05, 0.1) is 5.92 Å². The van der Waals surface area contributed by atoms with Gasteiger partial charge in [0.2, 0.25) is 5.95 Å². The van der Waals surface area contributed by atoms with E-state index in [1.54, 1.807) is 12.2 Å². The summed E-state index contributed by atoms with van der Waals surface area (Å²) in [6.07, 6.45) is 5.74. The number of hydrogen-bond acceptors (Lipinski definition) is 4. The molecule has 4 unspecified atom stereocenters. The molecule has 142 valence electrons. The number of allylic oxidation sites excluding steroid dienone is 5. The molecular weight excluding hydrogens is 359 g/mol. The van der Waals surface area contributed by atoms with Crippen molar-refractivity contribution in [1.82, 2.24) is 9.97 Å². The van der Waals surface area contributed by atoms with E-state index in [4.69, 9.17) is 5.11 Å². The van der Waals surface area contributed by atoms with Crippen LogP contribution in [0.2, 0.25) is 0 Å². The molecule has 27 heavy (non-hydrogen) atoms. The highest BCUT2D eigenvalue weighted by molar-refractivity contribution is 5.85. The second kappa shape index (κ2) is 6.51. The fourth-order valence-electron chi connectivity index (χ4n) is 4.25. The molecule has 0 aromatic carbocycles. The Labute approximate surface area is 153 Å². The van der Waals surface area contributed by atoms with E-state index >= 15 is 0 Å². The molecule has 1 saturated heterocycles. The van der Waals surface area contributed by atoms with Gasteiger partial charge in [-0.1, -0.05) is 36.0 Å². The van der Waals surface area contributed by atoms with E-state index in [1.165, 1.54) is 24.4 Å². The van der Waals surface area contributed by atoms with Gasteiger partial charge in [0, 0.05) is 25.2 Å². The Hall–Kier alpha value is -2.64. The van der Waals surface area contributed by atoms with Crippen molar-refractivity contribution in [3.8, 4) is 0 Å². The summed E-state index contributed by atoms with van der Waals surface area (Å²) >= 11 is 0. The summed E-state index contributed by atoms with van der Waals surface area (Å²) in [4.78, 5) is 21.2. The van der Waals surface area contributed by atoms with Crippen LogP contribution in [0.25, 0.3) is 0 Å². The summed E-state index contributed by atoms with van der Waals surface area (Å²) in [5.74, 6) is -2.54. The summed E-state index contributed by atoms with van der Waals surface area (Å²) < 4.78 is 40.0. The van der Waals surface area contributed by atoms with Crippen LogP contribution in [-0.4, -0.2) is 40.3 Å². The molecule has 1 N–H and O–H groups in total. The average molecular weight is 377 g/mol. The van der Waals surface area contributed by atoms with Crippen LogP contribution in [-0.2, 0) is 0 Å². The van der Waals surface area contributed by atoms with Crippen LogP contribution in [0.5, 0.6) is 0 Å². The third-order valence-electron chi connectivity index (χ3n) is 5.50. The first-order valence-corrected chi connectivity index (χ1v) is 8.76. The quantitative estimate of drug-likeness (QED) is 0.817. The SMILES string of the molecule is O=C(O)c1ccnc(N2CC3C=C(C4C=CC=CC4C(F)(F)F)CC3C2)n1. The predicted molar refractivity (Wildman–Crippen MR) is 92.2 cm³/mol. The van der Waals surface area contributed by atoms with Crippen molar-refractivity contribution in [2.45, 2.75) is 12.6 Å². The van der Waals surface area contributed by atoms with Crippen molar-refractivity contribution >= 4 is 11.9 Å². The fraction of sp³-hybridized carbons (Fsp3) is 0.421. The van der Waals surface area contributed by atoms with Crippen molar-refractivity contribution in [2.75, 3.05) is 18.0 Å². The number of alkyl halides is 3. The third-order valence-corrected chi connectivity index (χ3v) is 5.50. The molecule has 0 radical (unpaired) electrons. The van der Waals surface area contributed by atoms with E-state index in [0.717, 1.165) is 5.57 Å². The highest BCUT2D eigenvalue weighted by Crippen LogP contribution is 2.46. The number of anilines is 1. The normalized spacial score (nSPS) is 29.7. The number of aromatic nitrogens is 2. The van der Waals surface area contributed by atoms with Gasteiger partial charge in [-0.15, -0.1) is 0 Å². The molecule has 2 heterocycles. The number of carbonyl (C=O) groups is 1. The van der Waals surface area contributed by atoms with Crippen molar-refractivity contribution < 1.29 is 23.1 Å². The lowest BCUT2D eigenvalue weighted by Crippen LogP contribution is -2.30. The first-order valence-electron chi connectivity index (χ1n) is 8.76. The minimum atomic E-state index is -4.26. The first kappa shape index (κ1) is 17.8. The van der Waals surface area contributed by atoms with Gasteiger partial charge in [-0.25, -0.2) is 14.8 Å². The van der Waals surface area contributed by atoms with E-state index in [2.05, 4.69) is 9.97 Å². The van der Waals surface area contributed by atoms with Gasteiger partial charge in [-0.2, -0.15) is 13.2 Å². The molecular formula is C19H18F3N3O2. The van der Waals surface area contributed by atoms with Crippen LogP contribution in [0.4, 0.5) is 19.1 Å². The van der Waals surface area contributed by atoms with Crippen molar-refractivity contribution in [3.05, 3.63) is 53.9 Å². The predicted octanol–water partition coefficient (Wildman–Crippen LogP) is 3.48. The zero-order valence-corrected chi connectivity index (χ0v) is 14.3. The van der Waals surface area contributed by atoms with Gasteiger partial charge in [0.1, 0.15) is 0 Å². The lowest BCUT2D eigenvalue weighted by atomic mass is 9.81. The van der Waals surface area contributed by atoms with Gasteiger partial charge < -0.3 is 10.0 Å². The Morgan fingerprint density at radius 2 is 2.00 bits per heavy atom. The number of carboxylic acids is 1. The number of fused-ring (bicyclic) bond motifs is 1. The summed E-state index contributed by atoms with van der Waals surface area (Å²) in [5, 5.41) is 9.06. The molecule has 0 amide bonds. The minimum Gasteiger partial charge on any atom is -0.477 e. The zero-order chi connectivity index (χ0) is 19.2. The number of rotatable bonds is 3. The standard InChI is InChI=1S/C19H18F3N3O2/c20-19(21,22)15-4-2-1-3-14(15)11-7-12-9-25(10-13(12)8-11)18-23-6-5-16(24-18)17(26)27/h1-7,12-15H,8-10H2,(H,26,27). The lowest BCUT2D eigenvalue weighted by Gasteiger charge is -2.28. The Morgan fingerprint density at radius 1 is 1.22 bits per heavy atom. The molecule has 1 aromatic rings. The maximum absolute atomic E-state index is 13.3. The van der Waals surface area contributed by atoms with E-state index < -0.39 is 24.0 Å². The van der Waals surface area contributed by atoms with E-state index in [9.17, 15) is 18.0 Å². The smallest absolute Gasteiger partial charge is 0.396 e. The molecule has 3 aliphatic rings. The van der Waals surface area contributed by atoms with Crippen molar-refractivity contribution in [3.63, 3.8) is 0 Å². The largest absolute Gasteiger partial charge is 0.477 e. The van der Waals surface area contributed by atoms with Crippen LogP contribution in [0.15, 0.2) is 48.2 Å². The summed E-state index contributed by atoms with van der Waals surface area (Å²) in [5.41, 5.74) is 0.771. The Morgan fingerprint density at radius 3 is 2.70 bits per heavy atom. The number of halogens is 3. The van der Waals surface area contributed by atoms with E-state index in [1.807, 2.05) is 11.0 Å². The monoisotopic (exact) mass is 377 g/mol. The second-order valence-electron chi connectivity index (χ2n) is 7.18. The molecule has 4 rings (SSSR count). The summed E-state index contributed by atoms with van der Waals surface area (Å²) in [6, 6.07) is 1.33. The van der Waals surface area contributed by atoms with Crippen LogP contribution < -0.4 is 4.90 Å². The van der Waals surface area contributed by atoms with Crippen molar-refractivity contribution in [2.24, 2.45) is 23.7 Å². The summed E-state index contributed by atoms with van der Waals surface area (Å²) in [7, 11) is 0. The molecule has 8 heteroatoms. The third kappa shape index (κ3) is 3.36. The van der Waals surface area contributed by atoms with Crippen LogP contribution in [0, 0.1) is 23.7 Å². The van der Waals surface area contributed by atoms with Gasteiger partial charge in [0.15, 0.2) is 5.69 Å². The first-order chi connectivity index (χ1) is 12.8. The Kier molecular flexibility index (Phi) is 4.28. The molecule has 1 aliphatic heterocycles. The maximum atomic E-state index is 13.3. The zero-order valence-electron chi connectivity index (χ0n) is 14.3. The molecule has 1 aromatic heterocycles. The van der Waals surface area contributed by atoms with Gasteiger partial charge in [0.25, 0.3) is 0 Å². The molecule has 0 bridgehead atoms. The van der Waals surface area contributed by atoms with Gasteiger partial charge in [-0.05, 0) is 24.3 Å². The van der Waals surface area contributed by atoms with Crippen LogP contribution in [0.3, 0.4) is 0 Å². The Balaban J connectivity index is 1.50. The molecule has 2 aliphatic carbocycles. The lowest BCUT2D eigenvalue weighted by molar-refractivity contribution is -0.167. The highest BCUT2D eigenvalue weighted by Gasteiger charge is 2.46. The van der Waals surface area contributed by atoms with E-state index in [-0.39, 0.29) is 17.5 Å². The minimum absolute atomic E-state index is 0.0690.